The van der Waals surface area contributed by atoms with Crippen LogP contribution in [0.1, 0.15) is 39.5 Å². The third kappa shape index (κ3) is 2.96. The Balaban J connectivity index is 0.000000980. The normalized spacial score (nSPS) is 33.2. The third-order valence-electron chi connectivity index (χ3n) is 3.71. The standard InChI is InChI=1S/C11H22N2.CH4/c12-5-7-13-6-4-10-2-1-3-11(8-10)9-13;/h10-11H,1-9,12H2;1H4. The third-order valence-corrected chi connectivity index (χ3v) is 3.71. The first-order chi connectivity index (χ1) is 6.38. The maximum atomic E-state index is 5.61. The minimum absolute atomic E-state index is 0. The van der Waals surface area contributed by atoms with E-state index in [0.717, 1.165) is 24.9 Å². The molecule has 2 rings (SSSR count). The Kier molecular flexibility index (Phi) is 4.90. The zero-order valence-electron chi connectivity index (χ0n) is 8.54. The van der Waals surface area contributed by atoms with Crippen molar-refractivity contribution < 1.29 is 0 Å². The number of nitrogens with two attached hydrogens (primary N) is 1. The van der Waals surface area contributed by atoms with Crippen molar-refractivity contribution in [2.75, 3.05) is 26.2 Å². The highest BCUT2D eigenvalue weighted by Gasteiger charge is 2.27. The molecule has 0 amide bonds. The quantitative estimate of drug-likeness (QED) is 0.736. The smallest absolute Gasteiger partial charge is 0.0105 e. The van der Waals surface area contributed by atoms with Crippen molar-refractivity contribution in [2.24, 2.45) is 17.6 Å². The number of fused-ring (bicyclic) bond motifs is 2. The van der Waals surface area contributed by atoms with Gasteiger partial charge in [0, 0.05) is 19.6 Å². The maximum absolute atomic E-state index is 5.61. The molecular weight excluding hydrogens is 172 g/mol. The molecule has 0 aromatic rings. The van der Waals surface area contributed by atoms with E-state index in [9.17, 15) is 0 Å². The Morgan fingerprint density at radius 3 is 2.71 bits per heavy atom. The van der Waals surface area contributed by atoms with Crippen LogP contribution < -0.4 is 5.73 Å². The van der Waals surface area contributed by atoms with Crippen LogP contribution in [0.2, 0.25) is 0 Å². The highest BCUT2D eigenvalue weighted by Crippen LogP contribution is 2.34. The van der Waals surface area contributed by atoms with Gasteiger partial charge in [-0.05, 0) is 37.6 Å². The van der Waals surface area contributed by atoms with Gasteiger partial charge in [0.2, 0.25) is 0 Å². The van der Waals surface area contributed by atoms with Gasteiger partial charge in [0.15, 0.2) is 0 Å². The summed E-state index contributed by atoms with van der Waals surface area (Å²) in [5.41, 5.74) is 5.61. The molecule has 0 spiro atoms. The molecule has 2 atom stereocenters. The predicted molar refractivity (Wildman–Crippen MR) is 62.3 cm³/mol. The van der Waals surface area contributed by atoms with Crippen molar-refractivity contribution in [3.63, 3.8) is 0 Å². The fourth-order valence-electron chi connectivity index (χ4n) is 3.04. The zero-order chi connectivity index (χ0) is 9.10. The van der Waals surface area contributed by atoms with Gasteiger partial charge in [-0.1, -0.05) is 20.3 Å². The van der Waals surface area contributed by atoms with Crippen LogP contribution in [0.5, 0.6) is 0 Å². The van der Waals surface area contributed by atoms with Gasteiger partial charge in [-0.25, -0.2) is 0 Å². The van der Waals surface area contributed by atoms with Gasteiger partial charge in [0.1, 0.15) is 0 Å². The lowest BCUT2D eigenvalue weighted by Crippen LogP contribution is -2.33. The van der Waals surface area contributed by atoms with Crippen molar-refractivity contribution in [1.29, 1.82) is 0 Å². The molecule has 14 heavy (non-hydrogen) atoms. The molecule has 1 heterocycles. The molecule has 2 aliphatic rings. The minimum atomic E-state index is 0. The van der Waals surface area contributed by atoms with Gasteiger partial charge < -0.3 is 10.6 Å². The summed E-state index contributed by atoms with van der Waals surface area (Å²) in [4.78, 5) is 2.58. The molecule has 1 aliphatic heterocycles. The van der Waals surface area contributed by atoms with Gasteiger partial charge in [0.05, 0.1) is 0 Å². The Morgan fingerprint density at radius 1 is 1.14 bits per heavy atom. The number of hydrogen-bond acceptors (Lipinski definition) is 2. The second-order valence-corrected chi connectivity index (χ2v) is 4.78. The van der Waals surface area contributed by atoms with E-state index in [0.29, 0.717) is 0 Å². The van der Waals surface area contributed by atoms with E-state index in [-0.39, 0.29) is 7.43 Å². The second kappa shape index (κ2) is 5.72. The van der Waals surface area contributed by atoms with Crippen LogP contribution in [0.3, 0.4) is 0 Å². The summed E-state index contributed by atoms with van der Waals surface area (Å²) in [5, 5.41) is 0. The lowest BCUT2D eigenvalue weighted by Gasteiger charge is -2.26. The average Bonchev–Trinajstić information content (AvgIpc) is 2.27. The molecule has 2 N–H and O–H groups in total. The van der Waals surface area contributed by atoms with Gasteiger partial charge in [-0.2, -0.15) is 0 Å². The van der Waals surface area contributed by atoms with Gasteiger partial charge in [0.25, 0.3) is 0 Å². The van der Waals surface area contributed by atoms with Crippen LogP contribution in [0.4, 0.5) is 0 Å². The molecule has 2 bridgehead atoms. The summed E-state index contributed by atoms with van der Waals surface area (Å²) in [5.74, 6) is 2.04. The topological polar surface area (TPSA) is 29.3 Å². The van der Waals surface area contributed by atoms with E-state index in [1.54, 1.807) is 0 Å². The zero-order valence-corrected chi connectivity index (χ0v) is 8.54. The van der Waals surface area contributed by atoms with Crippen molar-refractivity contribution >= 4 is 0 Å². The fraction of sp³-hybridized carbons (Fsp3) is 1.00. The van der Waals surface area contributed by atoms with E-state index in [4.69, 9.17) is 5.73 Å². The Labute approximate surface area is 88.8 Å². The van der Waals surface area contributed by atoms with Crippen LogP contribution in [-0.4, -0.2) is 31.1 Å². The Hall–Kier alpha value is -0.0800. The maximum Gasteiger partial charge on any atom is 0.0105 e. The van der Waals surface area contributed by atoms with Crippen LogP contribution in [0, 0.1) is 11.8 Å². The molecule has 2 unspecified atom stereocenters. The number of rotatable bonds is 2. The monoisotopic (exact) mass is 198 g/mol. The SMILES string of the molecule is C.NCCN1CCC2CCCC(C2)C1. The van der Waals surface area contributed by atoms with Crippen molar-refractivity contribution in [2.45, 2.75) is 39.5 Å². The summed E-state index contributed by atoms with van der Waals surface area (Å²) in [6.45, 7) is 4.58. The van der Waals surface area contributed by atoms with Crippen molar-refractivity contribution in [3.8, 4) is 0 Å². The van der Waals surface area contributed by atoms with Crippen LogP contribution in [0.15, 0.2) is 0 Å². The first-order valence-electron chi connectivity index (χ1n) is 5.81. The van der Waals surface area contributed by atoms with Crippen molar-refractivity contribution in [3.05, 3.63) is 0 Å². The molecule has 2 fully saturated rings. The molecule has 1 saturated heterocycles. The molecule has 0 aromatic carbocycles. The fourth-order valence-corrected chi connectivity index (χ4v) is 3.04. The largest absolute Gasteiger partial charge is 0.329 e. The Morgan fingerprint density at radius 2 is 1.93 bits per heavy atom. The van der Waals surface area contributed by atoms with E-state index < -0.39 is 0 Å². The number of likely N-dealkylation sites (tertiary alicyclic amines) is 1. The average molecular weight is 198 g/mol. The van der Waals surface area contributed by atoms with Crippen LogP contribution in [-0.2, 0) is 0 Å². The lowest BCUT2D eigenvalue weighted by atomic mass is 9.81. The molecule has 0 radical (unpaired) electrons. The molecular formula is C12H26N2. The van der Waals surface area contributed by atoms with Gasteiger partial charge in [-0.3, -0.25) is 0 Å². The van der Waals surface area contributed by atoms with E-state index in [2.05, 4.69) is 4.90 Å². The summed E-state index contributed by atoms with van der Waals surface area (Å²) >= 11 is 0. The summed E-state index contributed by atoms with van der Waals surface area (Å²) in [6, 6.07) is 0. The summed E-state index contributed by atoms with van der Waals surface area (Å²) in [6.07, 6.45) is 7.37. The molecule has 2 heteroatoms. The molecule has 1 saturated carbocycles. The van der Waals surface area contributed by atoms with Crippen molar-refractivity contribution in [1.82, 2.24) is 4.90 Å². The summed E-state index contributed by atoms with van der Waals surface area (Å²) < 4.78 is 0. The number of hydrogen-bond donors (Lipinski definition) is 1. The summed E-state index contributed by atoms with van der Waals surface area (Å²) in [7, 11) is 0. The minimum Gasteiger partial charge on any atom is -0.329 e. The van der Waals surface area contributed by atoms with Crippen LogP contribution in [0.25, 0.3) is 0 Å². The van der Waals surface area contributed by atoms with E-state index in [1.807, 2.05) is 0 Å². The second-order valence-electron chi connectivity index (χ2n) is 4.78. The molecule has 84 valence electrons. The molecule has 1 aliphatic carbocycles. The van der Waals surface area contributed by atoms with Gasteiger partial charge in [-0.15, -0.1) is 0 Å². The first kappa shape index (κ1) is 12.0. The van der Waals surface area contributed by atoms with E-state index >= 15 is 0 Å². The lowest BCUT2D eigenvalue weighted by molar-refractivity contribution is 0.235. The molecule has 2 nitrogen and oxygen atoms in total. The van der Waals surface area contributed by atoms with Crippen LogP contribution >= 0.6 is 0 Å². The first-order valence-corrected chi connectivity index (χ1v) is 5.81. The molecule has 0 aromatic heterocycles. The number of nitrogens with zero attached hydrogens (tertiary/aromatic N) is 1. The van der Waals surface area contributed by atoms with E-state index in [1.165, 1.54) is 45.2 Å². The highest BCUT2D eigenvalue weighted by molar-refractivity contribution is 4.80. The highest BCUT2D eigenvalue weighted by atomic mass is 15.1. The predicted octanol–water partition coefficient (Wildman–Crippen LogP) is 2.09. The van der Waals surface area contributed by atoms with Gasteiger partial charge >= 0.3 is 0 Å². The Bertz CT molecular complexity index is 158.